The van der Waals surface area contributed by atoms with Crippen molar-refractivity contribution in [1.29, 1.82) is 0 Å². The molecule has 2 heterocycles. The number of aromatic nitrogens is 3. The van der Waals surface area contributed by atoms with E-state index in [4.69, 9.17) is 0 Å². The molecule has 31 heavy (non-hydrogen) atoms. The van der Waals surface area contributed by atoms with Crippen LogP contribution < -0.4 is 0 Å². The standard InChI is InChI=1S/C26H21N3.C2H6/c1-16-8-10-20-21-11-9-18(15-23(21)26(2,3)22(20)14-16)24-27-28-25-19-7-5-4-6-17(19)12-13-29(24)25;1-2/h4-15H,1-3H3;1-2H3. The second-order valence-corrected chi connectivity index (χ2v) is 8.55. The number of hydrogen-bond donors (Lipinski definition) is 0. The summed E-state index contributed by atoms with van der Waals surface area (Å²) in [6, 6.07) is 24.0. The Morgan fingerprint density at radius 3 is 2.29 bits per heavy atom. The highest BCUT2D eigenvalue weighted by Gasteiger charge is 2.35. The molecule has 154 valence electrons. The highest BCUT2D eigenvalue weighted by molar-refractivity contribution is 5.94. The topological polar surface area (TPSA) is 30.2 Å². The maximum Gasteiger partial charge on any atom is 0.168 e. The first-order chi connectivity index (χ1) is 15.0. The van der Waals surface area contributed by atoms with Gasteiger partial charge in [0.15, 0.2) is 11.5 Å². The molecule has 5 aromatic rings. The Kier molecular flexibility index (Phi) is 4.44. The van der Waals surface area contributed by atoms with E-state index in [2.05, 4.69) is 102 Å². The van der Waals surface area contributed by atoms with Gasteiger partial charge in [0.1, 0.15) is 0 Å². The Labute approximate surface area is 183 Å². The molecule has 0 atom stereocenters. The lowest BCUT2D eigenvalue weighted by atomic mass is 9.81. The molecular formula is C28H27N3. The van der Waals surface area contributed by atoms with Crippen molar-refractivity contribution < 1.29 is 0 Å². The van der Waals surface area contributed by atoms with Crippen molar-refractivity contribution in [2.45, 2.75) is 40.0 Å². The van der Waals surface area contributed by atoms with Crippen LogP contribution >= 0.6 is 0 Å². The van der Waals surface area contributed by atoms with E-state index in [0.29, 0.717) is 0 Å². The second-order valence-electron chi connectivity index (χ2n) is 8.55. The molecule has 0 unspecified atom stereocenters. The van der Waals surface area contributed by atoms with Crippen LogP contribution in [0.25, 0.3) is 38.9 Å². The molecule has 0 fully saturated rings. The second kappa shape index (κ2) is 7.05. The van der Waals surface area contributed by atoms with Crippen LogP contribution in [0, 0.1) is 6.92 Å². The average Bonchev–Trinajstić information content (AvgIpc) is 3.33. The molecule has 0 N–H and O–H groups in total. The van der Waals surface area contributed by atoms with E-state index in [-0.39, 0.29) is 5.41 Å². The highest BCUT2D eigenvalue weighted by atomic mass is 15.2. The number of benzene rings is 3. The van der Waals surface area contributed by atoms with E-state index in [1.54, 1.807) is 0 Å². The number of fused-ring (bicyclic) bond motifs is 6. The van der Waals surface area contributed by atoms with Gasteiger partial charge in [-0.25, -0.2) is 0 Å². The summed E-state index contributed by atoms with van der Waals surface area (Å²) in [5, 5.41) is 11.4. The fraction of sp³-hybridized carbons (Fsp3) is 0.214. The summed E-state index contributed by atoms with van der Waals surface area (Å²) in [5.74, 6) is 0.886. The van der Waals surface area contributed by atoms with Gasteiger partial charge in [-0.1, -0.05) is 87.9 Å². The summed E-state index contributed by atoms with van der Waals surface area (Å²) in [4.78, 5) is 0. The molecule has 0 saturated heterocycles. The third-order valence-electron chi connectivity index (χ3n) is 6.39. The largest absolute Gasteiger partial charge is 0.282 e. The summed E-state index contributed by atoms with van der Waals surface area (Å²) in [6.45, 7) is 10.8. The minimum atomic E-state index is -0.0279. The molecule has 0 spiro atoms. The SMILES string of the molecule is CC.Cc1ccc2c(c1)C(C)(C)c1cc(-c3nnc4c5ccccc5ccn34)ccc1-2. The fourth-order valence-electron chi connectivity index (χ4n) is 4.80. The van der Waals surface area contributed by atoms with Crippen LogP contribution in [0.2, 0.25) is 0 Å². The first-order valence-corrected chi connectivity index (χ1v) is 11.0. The Hall–Kier alpha value is -3.46. The Morgan fingerprint density at radius 2 is 1.48 bits per heavy atom. The molecule has 0 aliphatic heterocycles. The molecule has 1 aliphatic carbocycles. The average molecular weight is 406 g/mol. The predicted molar refractivity (Wildman–Crippen MR) is 130 cm³/mol. The van der Waals surface area contributed by atoms with Crippen molar-refractivity contribution in [2.75, 3.05) is 0 Å². The van der Waals surface area contributed by atoms with Crippen LogP contribution in [0.4, 0.5) is 0 Å². The van der Waals surface area contributed by atoms with Crippen LogP contribution in [-0.2, 0) is 5.41 Å². The number of rotatable bonds is 1. The van der Waals surface area contributed by atoms with Gasteiger partial charge >= 0.3 is 0 Å². The van der Waals surface area contributed by atoms with E-state index < -0.39 is 0 Å². The number of nitrogens with zero attached hydrogens (tertiary/aromatic N) is 3. The molecule has 0 bridgehead atoms. The summed E-state index contributed by atoms with van der Waals surface area (Å²) < 4.78 is 2.10. The van der Waals surface area contributed by atoms with E-state index in [9.17, 15) is 0 Å². The zero-order chi connectivity index (χ0) is 21.8. The van der Waals surface area contributed by atoms with Crippen molar-refractivity contribution in [3.8, 4) is 22.5 Å². The minimum Gasteiger partial charge on any atom is -0.282 e. The van der Waals surface area contributed by atoms with E-state index >= 15 is 0 Å². The Bertz CT molecular complexity index is 1440. The van der Waals surface area contributed by atoms with Gasteiger partial charge in [-0.2, -0.15) is 0 Å². The van der Waals surface area contributed by atoms with Crippen molar-refractivity contribution in [3.05, 3.63) is 89.6 Å². The summed E-state index contributed by atoms with van der Waals surface area (Å²) in [7, 11) is 0. The van der Waals surface area contributed by atoms with Gasteiger partial charge in [-0.3, -0.25) is 4.40 Å². The normalized spacial score (nSPS) is 13.6. The molecule has 3 heteroatoms. The van der Waals surface area contributed by atoms with Gasteiger partial charge in [0.25, 0.3) is 0 Å². The third-order valence-corrected chi connectivity index (χ3v) is 6.39. The van der Waals surface area contributed by atoms with E-state index in [1.807, 2.05) is 19.9 Å². The maximum absolute atomic E-state index is 4.57. The van der Waals surface area contributed by atoms with Crippen LogP contribution in [0.1, 0.15) is 44.4 Å². The van der Waals surface area contributed by atoms with Crippen molar-refractivity contribution in [3.63, 3.8) is 0 Å². The lowest BCUT2D eigenvalue weighted by Crippen LogP contribution is -2.15. The molecule has 0 saturated carbocycles. The van der Waals surface area contributed by atoms with Gasteiger partial charge < -0.3 is 0 Å². The monoisotopic (exact) mass is 405 g/mol. The lowest BCUT2D eigenvalue weighted by Gasteiger charge is -2.22. The van der Waals surface area contributed by atoms with Crippen LogP contribution in [0.15, 0.2) is 72.9 Å². The van der Waals surface area contributed by atoms with Gasteiger partial charge in [-0.15, -0.1) is 10.2 Å². The van der Waals surface area contributed by atoms with Gasteiger partial charge in [0.2, 0.25) is 0 Å². The summed E-state index contributed by atoms with van der Waals surface area (Å²) in [6.07, 6.45) is 2.07. The van der Waals surface area contributed by atoms with Crippen molar-refractivity contribution >= 4 is 16.4 Å². The van der Waals surface area contributed by atoms with Crippen molar-refractivity contribution in [1.82, 2.24) is 14.6 Å². The van der Waals surface area contributed by atoms with E-state index in [1.165, 1.54) is 33.2 Å². The summed E-state index contributed by atoms with van der Waals surface area (Å²) in [5.41, 5.74) is 8.71. The zero-order valence-electron chi connectivity index (χ0n) is 18.8. The highest BCUT2D eigenvalue weighted by Crippen LogP contribution is 2.49. The smallest absolute Gasteiger partial charge is 0.168 e. The number of aryl methyl sites for hydroxylation is 1. The Morgan fingerprint density at radius 1 is 0.774 bits per heavy atom. The maximum atomic E-state index is 4.57. The third kappa shape index (κ3) is 2.80. The molecule has 0 amide bonds. The molecule has 3 nitrogen and oxygen atoms in total. The predicted octanol–water partition coefficient (Wildman–Crippen LogP) is 7.19. The van der Waals surface area contributed by atoms with Gasteiger partial charge in [0.05, 0.1) is 0 Å². The molecule has 3 aromatic carbocycles. The van der Waals surface area contributed by atoms with Crippen LogP contribution in [0.5, 0.6) is 0 Å². The van der Waals surface area contributed by atoms with Crippen molar-refractivity contribution in [2.24, 2.45) is 0 Å². The minimum absolute atomic E-state index is 0.0279. The van der Waals surface area contributed by atoms with Crippen LogP contribution in [-0.4, -0.2) is 14.6 Å². The van der Waals surface area contributed by atoms with Gasteiger partial charge in [-0.05, 0) is 46.7 Å². The first kappa shape index (κ1) is 19.5. The first-order valence-electron chi connectivity index (χ1n) is 11.0. The zero-order valence-corrected chi connectivity index (χ0v) is 18.8. The number of pyridine rings is 1. The molecular weight excluding hydrogens is 378 g/mol. The summed E-state index contributed by atoms with van der Waals surface area (Å²) >= 11 is 0. The lowest BCUT2D eigenvalue weighted by molar-refractivity contribution is 0.660. The molecule has 6 rings (SSSR count). The Balaban J connectivity index is 0.000000994. The molecule has 2 aromatic heterocycles. The van der Waals surface area contributed by atoms with Crippen LogP contribution in [0.3, 0.4) is 0 Å². The fourth-order valence-corrected chi connectivity index (χ4v) is 4.80. The number of hydrogen-bond acceptors (Lipinski definition) is 2. The molecule has 0 radical (unpaired) electrons. The quantitative estimate of drug-likeness (QED) is 0.295. The molecule has 1 aliphatic rings. The van der Waals surface area contributed by atoms with Gasteiger partial charge in [0, 0.05) is 22.6 Å². The van der Waals surface area contributed by atoms with E-state index in [0.717, 1.165) is 22.4 Å².